The van der Waals surface area contributed by atoms with Crippen molar-refractivity contribution in [2.45, 2.75) is 32.0 Å². The Kier molecular flexibility index (Phi) is 5.54. The summed E-state index contributed by atoms with van der Waals surface area (Å²) in [4.78, 5) is 0. The van der Waals surface area contributed by atoms with Crippen molar-refractivity contribution in [1.29, 1.82) is 0 Å². The minimum Gasteiger partial charge on any atom is -0.329 e. The van der Waals surface area contributed by atoms with E-state index in [4.69, 9.17) is 5.73 Å². The molecule has 15 heavy (non-hydrogen) atoms. The Balaban J connectivity index is 4.42. The summed E-state index contributed by atoms with van der Waals surface area (Å²) in [6, 6.07) is -2.20. The summed E-state index contributed by atoms with van der Waals surface area (Å²) in [5.74, 6) is -0.309. The van der Waals surface area contributed by atoms with Crippen LogP contribution in [0, 0.1) is 0 Å². The van der Waals surface area contributed by atoms with Gasteiger partial charge in [-0.15, -0.1) is 0 Å². The van der Waals surface area contributed by atoms with Crippen molar-refractivity contribution in [2.75, 3.05) is 12.3 Å². The molecule has 92 valence electrons. The first kappa shape index (κ1) is 14.7. The number of rotatable bonds is 6. The van der Waals surface area contributed by atoms with Crippen LogP contribution in [0.25, 0.3) is 0 Å². The lowest BCUT2D eigenvalue weighted by molar-refractivity contribution is -0.148. The van der Waals surface area contributed by atoms with Crippen LogP contribution in [0.15, 0.2) is 0 Å². The Hall–Kier alpha value is -0.340. The second-order valence-electron chi connectivity index (χ2n) is 3.12. The van der Waals surface area contributed by atoms with Crippen LogP contribution in [0.3, 0.4) is 0 Å². The summed E-state index contributed by atoms with van der Waals surface area (Å²) in [7, 11) is -3.89. The fraction of sp³-hybridized carbons (Fsp3) is 1.00. The van der Waals surface area contributed by atoms with Crippen molar-refractivity contribution in [1.82, 2.24) is 4.72 Å². The molecule has 0 aliphatic carbocycles. The van der Waals surface area contributed by atoms with Crippen molar-refractivity contribution in [2.24, 2.45) is 5.73 Å². The monoisotopic (exact) mass is 248 g/mol. The van der Waals surface area contributed by atoms with E-state index in [1.807, 2.05) is 0 Å². The topological polar surface area (TPSA) is 72.2 Å². The molecule has 8 heteroatoms. The van der Waals surface area contributed by atoms with Crippen LogP contribution in [0.4, 0.5) is 13.2 Å². The van der Waals surface area contributed by atoms with Gasteiger partial charge in [-0.3, -0.25) is 0 Å². The van der Waals surface area contributed by atoms with Gasteiger partial charge < -0.3 is 5.73 Å². The van der Waals surface area contributed by atoms with Crippen molar-refractivity contribution in [3.8, 4) is 0 Å². The van der Waals surface area contributed by atoms with Gasteiger partial charge >= 0.3 is 6.18 Å². The van der Waals surface area contributed by atoms with Gasteiger partial charge in [0, 0.05) is 6.54 Å². The molecule has 0 spiro atoms. The van der Waals surface area contributed by atoms with E-state index in [9.17, 15) is 21.6 Å². The van der Waals surface area contributed by atoms with Crippen molar-refractivity contribution in [3.63, 3.8) is 0 Å². The maximum absolute atomic E-state index is 12.2. The van der Waals surface area contributed by atoms with E-state index < -0.39 is 28.8 Å². The fourth-order valence-electron chi connectivity index (χ4n) is 0.859. The summed E-state index contributed by atoms with van der Waals surface area (Å²) in [6.45, 7) is 0.953. The lowest BCUT2D eigenvalue weighted by atomic mass is 10.3. The van der Waals surface area contributed by atoms with Crippen LogP contribution < -0.4 is 10.5 Å². The van der Waals surface area contributed by atoms with Crippen molar-refractivity contribution in [3.05, 3.63) is 0 Å². The van der Waals surface area contributed by atoms with Gasteiger partial charge in [0.25, 0.3) is 0 Å². The smallest absolute Gasteiger partial charge is 0.329 e. The van der Waals surface area contributed by atoms with Crippen LogP contribution in [0.2, 0.25) is 0 Å². The first-order valence-corrected chi connectivity index (χ1v) is 6.15. The minimum absolute atomic E-state index is 0.309. The Morgan fingerprint density at radius 1 is 1.40 bits per heavy atom. The summed E-state index contributed by atoms with van der Waals surface area (Å²) >= 11 is 0. The maximum Gasteiger partial charge on any atom is 0.406 e. The number of nitrogens with two attached hydrogens (primary N) is 1. The van der Waals surface area contributed by atoms with E-state index in [2.05, 4.69) is 0 Å². The Morgan fingerprint density at radius 3 is 2.27 bits per heavy atom. The summed E-state index contributed by atoms with van der Waals surface area (Å²) in [6.07, 6.45) is -3.72. The second kappa shape index (κ2) is 5.66. The first-order valence-electron chi connectivity index (χ1n) is 4.49. The molecule has 0 rings (SSSR count). The predicted molar refractivity (Wildman–Crippen MR) is 50.7 cm³/mol. The van der Waals surface area contributed by atoms with E-state index in [0.29, 0.717) is 12.8 Å². The SMILES string of the molecule is CCCCS(=O)(=O)NC(CN)C(F)(F)F. The van der Waals surface area contributed by atoms with Gasteiger partial charge in [0.15, 0.2) is 0 Å². The Morgan fingerprint density at radius 2 is 1.93 bits per heavy atom. The number of alkyl halides is 3. The molecule has 0 heterocycles. The zero-order chi connectivity index (χ0) is 12.1. The van der Waals surface area contributed by atoms with E-state index in [-0.39, 0.29) is 5.75 Å². The molecule has 0 aliphatic heterocycles. The molecular weight excluding hydrogens is 233 g/mol. The highest BCUT2D eigenvalue weighted by molar-refractivity contribution is 7.89. The third-order valence-electron chi connectivity index (χ3n) is 1.72. The normalized spacial score (nSPS) is 15.3. The Labute approximate surface area is 87.1 Å². The quantitative estimate of drug-likeness (QED) is 0.723. The van der Waals surface area contributed by atoms with Gasteiger partial charge in [-0.1, -0.05) is 13.3 Å². The van der Waals surface area contributed by atoms with Gasteiger partial charge in [0.05, 0.1) is 5.75 Å². The molecule has 0 amide bonds. The van der Waals surface area contributed by atoms with Gasteiger partial charge in [0.1, 0.15) is 6.04 Å². The highest BCUT2D eigenvalue weighted by atomic mass is 32.2. The summed E-state index contributed by atoms with van der Waals surface area (Å²) < 4.78 is 60.3. The van der Waals surface area contributed by atoms with E-state index in [1.54, 1.807) is 11.6 Å². The van der Waals surface area contributed by atoms with Gasteiger partial charge in [-0.05, 0) is 6.42 Å². The average molecular weight is 248 g/mol. The average Bonchev–Trinajstić information content (AvgIpc) is 2.09. The number of sulfonamides is 1. The molecule has 0 aromatic carbocycles. The minimum atomic E-state index is -4.64. The standard InChI is InChI=1S/C7H15F3N2O2S/c1-2-3-4-15(13,14)12-6(5-11)7(8,9)10/h6,12H,2-5,11H2,1H3. The van der Waals surface area contributed by atoms with Gasteiger partial charge in [0.2, 0.25) is 10.0 Å². The molecule has 1 unspecified atom stereocenters. The molecule has 0 fully saturated rings. The largest absolute Gasteiger partial charge is 0.406 e. The van der Waals surface area contributed by atoms with E-state index >= 15 is 0 Å². The number of halogens is 3. The molecule has 3 N–H and O–H groups in total. The Bertz CT molecular complexity index is 276. The maximum atomic E-state index is 12.2. The molecule has 0 saturated carbocycles. The third-order valence-corrected chi connectivity index (χ3v) is 3.19. The number of hydrogen-bond acceptors (Lipinski definition) is 3. The van der Waals surface area contributed by atoms with Gasteiger partial charge in [-0.2, -0.15) is 13.2 Å². The molecule has 0 aromatic rings. The molecule has 0 aromatic heterocycles. The number of hydrogen-bond donors (Lipinski definition) is 2. The molecule has 0 aliphatic rings. The van der Waals surface area contributed by atoms with Crippen LogP contribution in [0.1, 0.15) is 19.8 Å². The number of nitrogens with one attached hydrogen (secondary N) is 1. The van der Waals surface area contributed by atoms with Crippen LogP contribution in [-0.2, 0) is 10.0 Å². The molecule has 1 atom stereocenters. The zero-order valence-corrected chi connectivity index (χ0v) is 9.16. The zero-order valence-electron chi connectivity index (χ0n) is 8.34. The lowest BCUT2D eigenvalue weighted by Crippen LogP contribution is -2.50. The van der Waals surface area contributed by atoms with Crippen LogP contribution in [-0.4, -0.2) is 32.9 Å². The summed E-state index contributed by atoms with van der Waals surface area (Å²) in [5, 5.41) is 0. The van der Waals surface area contributed by atoms with Crippen LogP contribution >= 0.6 is 0 Å². The highest BCUT2D eigenvalue weighted by Crippen LogP contribution is 2.20. The molecule has 0 saturated heterocycles. The van der Waals surface area contributed by atoms with E-state index in [0.717, 1.165) is 0 Å². The molecule has 4 nitrogen and oxygen atoms in total. The molecule has 0 bridgehead atoms. The second-order valence-corrected chi connectivity index (χ2v) is 4.99. The van der Waals surface area contributed by atoms with E-state index in [1.165, 1.54) is 0 Å². The lowest BCUT2D eigenvalue weighted by Gasteiger charge is -2.19. The van der Waals surface area contributed by atoms with Crippen molar-refractivity contribution < 1.29 is 21.6 Å². The molecule has 0 radical (unpaired) electrons. The summed E-state index contributed by atoms with van der Waals surface area (Å²) in [5.41, 5.74) is 4.85. The highest BCUT2D eigenvalue weighted by Gasteiger charge is 2.40. The first-order chi connectivity index (χ1) is 6.73. The third kappa shape index (κ3) is 5.95. The molecular formula is C7H15F3N2O2S. The van der Waals surface area contributed by atoms with Crippen LogP contribution in [0.5, 0.6) is 0 Å². The number of unbranched alkanes of at least 4 members (excludes halogenated alkanes) is 1. The predicted octanol–water partition coefficient (Wildman–Crippen LogP) is 0.596. The van der Waals surface area contributed by atoms with Crippen molar-refractivity contribution >= 4 is 10.0 Å². The fourth-order valence-corrected chi connectivity index (χ4v) is 2.31. The van der Waals surface area contributed by atoms with Gasteiger partial charge in [-0.25, -0.2) is 13.1 Å².